The first-order valence-electron chi connectivity index (χ1n) is 8.21. The number of anilines is 1. The molecule has 0 amide bonds. The Kier molecular flexibility index (Phi) is 3.62. The molecule has 2 heterocycles. The van der Waals surface area contributed by atoms with Crippen molar-refractivity contribution < 1.29 is 0 Å². The Morgan fingerprint density at radius 3 is 2.74 bits per heavy atom. The van der Waals surface area contributed by atoms with Gasteiger partial charge in [-0.15, -0.1) is 0 Å². The molecule has 0 spiro atoms. The number of hydrogen-bond donors (Lipinski definition) is 0. The fourth-order valence-corrected chi connectivity index (χ4v) is 3.37. The van der Waals surface area contributed by atoms with Gasteiger partial charge >= 0.3 is 0 Å². The predicted molar refractivity (Wildman–Crippen MR) is 94.1 cm³/mol. The summed E-state index contributed by atoms with van der Waals surface area (Å²) in [5.74, 6) is 0. The van der Waals surface area contributed by atoms with Crippen molar-refractivity contribution in [1.29, 1.82) is 0 Å². The SMILES string of the molecule is Cc1ccc2c(c1)CCCN2Cc1ccc(-n2ccnc2)cc1. The van der Waals surface area contributed by atoms with Gasteiger partial charge in [-0.05, 0) is 49.1 Å². The van der Waals surface area contributed by atoms with Gasteiger partial charge in [0.2, 0.25) is 0 Å². The largest absolute Gasteiger partial charge is 0.367 e. The van der Waals surface area contributed by atoms with Crippen LogP contribution in [0.2, 0.25) is 0 Å². The molecule has 0 aliphatic carbocycles. The fourth-order valence-electron chi connectivity index (χ4n) is 3.37. The lowest BCUT2D eigenvalue weighted by atomic mass is 9.99. The Morgan fingerprint density at radius 2 is 1.96 bits per heavy atom. The predicted octanol–water partition coefficient (Wildman–Crippen LogP) is 4.13. The number of nitrogens with zero attached hydrogens (tertiary/aromatic N) is 3. The maximum absolute atomic E-state index is 4.10. The molecule has 4 rings (SSSR count). The molecule has 0 bridgehead atoms. The van der Waals surface area contributed by atoms with Crippen molar-refractivity contribution in [1.82, 2.24) is 9.55 Å². The molecule has 0 atom stereocenters. The zero-order valence-electron chi connectivity index (χ0n) is 13.4. The Balaban J connectivity index is 1.55. The Morgan fingerprint density at radius 1 is 1.09 bits per heavy atom. The van der Waals surface area contributed by atoms with E-state index in [1.165, 1.54) is 35.2 Å². The summed E-state index contributed by atoms with van der Waals surface area (Å²) in [4.78, 5) is 6.61. The summed E-state index contributed by atoms with van der Waals surface area (Å²) in [6, 6.07) is 15.6. The average Bonchev–Trinajstić information content (AvgIpc) is 3.10. The van der Waals surface area contributed by atoms with Gasteiger partial charge in [0.25, 0.3) is 0 Å². The molecule has 0 N–H and O–H groups in total. The first-order valence-corrected chi connectivity index (χ1v) is 8.21. The van der Waals surface area contributed by atoms with Gasteiger partial charge in [0, 0.05) is 36.9 Å². The molecule has 0 unspecified atom stereocenters. The number of aryl methyl sites for hydroxylation is 2. The van der Waals surface area contributed by atoms with E-state index in [0.717, 1.165) is 18.8 Å². The Bertz CT molecular complexity index is 788. The topological polar surface area (TPSA) is 21.1 Å². The molecule has 2 aromatic carbocycles. The summed E-state index contributed by atoms with van der Waals surface area (Å²) in [6.07, 6.45) is 8.05. The summed E-state index contributed by atoms with van der Waals surface area (Å²) in [6.45, 7) is 4.29. The van der Waals surface area contributed by atoms with Crippen LogP contribution >= 0.6 is 0 Å². The van der Waals surface area contributed by atoms with E-state index in [1.807, 2.05) is 17.1 Å². The number of fused-ring (bicyclic) bond motifs is 1. The van der Waals surface area contributed by atoms with E-state index in [0.29, 0.717) is 0 Å². The quantitative estimate of drug-likeness (QED) is 0.725. The van der Waals surface area contributed by atoms with E-state index in [4.69, 9.17) is 0 Å². The molecule has 23 heavy (non-hydrogen) atoms. The molecule has 0 fully saturated rings. The summed E-state index contributed by atoms with van der Waals surface area (Å²) in [7, 11) is 0. The normalized spacial score (nSPS) is 13.9. The summed E-state index contributed by atoms with van der Waals surface area (Å²) >= 11 is 0. The van der Waals surface area contributed by atoms with Crippen molar-refractivity contribution >= 4 is 5.69 Å². The summed E-state index contributed by atoms with van der Waals surface area (Å²) < 4.78 is 2.03. The third-order valence-electron chi connectivity index (χ3n) is 4.56. The summed E-state index contributed by atoms with van der Waals surface area (Å²) in [5, 5.41) is 0. The van der Waals surface area contributed by atoms with Crippen LogP contribution in [0.25, 0.3) is 5.69 Å². The molecular formula is C20H21N3. The highest BCUT2D eigenvalue weighted by molar-refractivity contribution is 5.57. The summed E-state index contributed by atoms with van der Waals surface area (Å²) in [5.41, 5.74) is 6.75. The maximum Gasteiger partial charge on any atom is 0.0991 e. The van der Waals surface area contributed by atoms with E-state index in [9.17, 15) is 0 Å². The zero-order valence-corrected chi connectivity index (χ0v) is 13.4. The highest BCUT2D eigenvalue weighted by atomic mass is 15.1. The Labute approximate surface area is 137 Å². The smallest absolute Gasteiger partial charge is 0.0991 e. The van der Waals surface area contributed by atoms with E-state index in [2.05, 4.69) is 59.3 Å². The van der Waals surface area contributed by atoms with Crippen molar-refractivity contribution in [3.8, 4) is 5.69 Å². The number of benzene rings is 2. The van der Waals surface area contributed by atoms with Crippen LogP contribution in [0.4, 0.5) is 5.69 Å². The molecule has 0 radical (unpaired) electrons. The van der Waals surface area contributed by atoms with Crippen molar-refractivity contribution in [2.75, 3.05) is 11.4 Å². The second-order valence-electron chi connectivity index (χ2n) is 6.29. The fraction of sp³-hybridized carbons (Fsp3) is 0.250. The van der Waals surface area contributed by atoms with Gasteiger partial charge in [-0.1, -0.05) is 29.8 Å². The van der Waals surface area contributed by atoms with Crippen LogP contribution in [0.3, 0.4) is 0 Å². The van der Waals surface area contributed by atoms with Crippen molar-refractivity contribution in [3.05, 3.63) is 77.9 Å². The highest BCUT2D eigenvalue weighted by Crippen LogP contribution is 2.29. The van der Waals surface area contributed by atoms with Crippen LogP contribution in [-0.4, -0.2) is 16.1 Å². The van der Waals surface area contributed by atoms with Crippen LogP contribution in [0, 0.1) is 6.92 Å². The minimum absolute atomic E-state index is 0.972. The van der Waals surface area contributed by atoms with Gasteiger partial charge < -0.3 is 9.47 Å². The third kappa shape index (κ3) is 2.87. The lowest BCUT2D eigenvalue weighted by Crippen LogP contribution is -2.28. The second-order valence-corrected chi connectivity index (χ2v) is 6.29. The third-order valence-corrected chi connectivity index (χ3v) is 4.56. The standard InChI is InChI=1S/C20H21N3/c1-16-4-9-20-18(13-16)3-2-11-22(20)14-17-5-7-19(8-6-17)23-12-10-21-15-23/h4-10,12-13,15H,2-3,11,14H2,1H3. The monoisotopic (exact) mass is 303 g/mol. The number of rotatable bonds is 3. The minimum Gasteiger partial charge on any atom is -0.367 e. The van der Waals surface area contributed by atoms with E-state index >= 15 is 0 Å². The number of hydrogen-bond acceptors (Lipinski definition) is 2. The molecule has 0 saturated carbocycles. The minimum atomic E-state index is 0.972. The van der Waals surface area contributed by atoms with E-state index < -0.39 is 0 Å². The molecule has 1 aliphatic heterocycles. The van der Waals surface area contributed by atoms with E-state index in [1.54, 1.807) is 6.20 Å². The van der Waals surface area contributed by atoms with Crippen LogP contribution < -0.4 is 4.90 Å². The van der Waals surface area contributed by atoms with Gasteiger partial charge in [0.05, 0.1) is 6.33 Å². The molecule has 3 heteroatoms. The number of imidazole rings is 1. The molecule has 1 aromatic heterocycles. The molecule has 3 nitrogen and oxygen atoms in total. The lowest BCUT2D eigenvalue weighted by Gasteiger charge is -2.31. The zero-order chi connectivity index (χ0) is 15.6. The first-order chi connectivity index (χ1) is 11.3. The molecular weight excluding hydrogens is 282 g/mol. The van der Waals surface area contributed by atoms with Gasteiger partial charge in [0.15, 0.2) is 0 Å². The van der Waals surface area contributed by atoms with Crippen molar-refractivity contribution in [2.45, 2.75) is 26.3 Å². The van der Waals surface area contributed by atoms with Gasteiger partial charge in [-0.3, -0.25) is 0 Å². The molecule has 0 saturated heterocycles. The van der Waals surface area contributed by atoms with Gasteiger partial charge in [-0.2, -0.15) is 0 Å². The van der Waals surface area contributed by atoms with Gasteiger partial charge in [0.1, 0.15) is 0 Å². The van der Waals surface area contributed by atoms with Crippen LogP contribution in [0.5, 0.6) is 0 Å². The molecule has 1 aliphatic rings. The van der Waals surface area contributed by atoms with Crippen molar-refractivity contribution in [2.24, 2.45) is 0 Å². The molecule has 116 valence electrons. The molecule has 3 aromatic rings. The maximum atomic E-state index is 4.10. The van der Waals surface area contributed by atoms with Crippen LogP contribution in [0.1, 0.15) is 23.1 Å². The van der Waals surface area contributed by atoms with Crippen LogP contribution in [0.15, 0.2) is 61.2 Å². The number of aromatic nitrogens is 2. The second kappa shape index (κ2) is 5.92. The first kappa shape index (κ1) is 14.1. The van der Waals surface area contributed by atoms with Gasteiger partial charge in [-0.25, -0.2) is 4.98 Å². The highest BCUT2D eigenvalue weighted by Gasteiger charge is 2.16. The average molecular weight is 303 g/mol. The van der Waals surface area contributed by atoms with Crippen LogP contribution in [-0.2, 0) is 13.0 Å². The Hall–Kier alpha value is -2.55. The lowest BCUT2D eigenvalue weighted by molar-refractivity contribution is 0.690. The van der Waals surface area contributed by atoms with Crippen molar-refractivity contribution in [3.63, 3.8) is 0 Å². The van der Waals surface area contributed by atoms with E-state index in [-0.39, 0.29) is 0 Å².